The Kier molecular flexibility index (Phi) is 5.31. The molecule has 2 aromatic carbocycles. The van der Waals surface area contributed by atoms with E-state index in [-0.39, 0.29) is 0 Å². The molecule has 150 valence electrons. The lowest BCUT2D eigenvalue weighted by molar-refractivity contribution is 0.798. The van der Waals surface area contributed by atoms with E-state index in [4.69, 9.17) is 0 Å². The second kappa shape index (κ2) is 7.46. The normalized spacial score (nSPS) is 22.5. The Morgan fingerprint density at radius 1 is 0.857 bits per heavy atom. The summed E-state index contributed by atoms with van der Waals surface area (Å²) >= 11 is 0. The number of hydrogen-bond donors (Lipinski definition) is 0. The summed E-state index contributed by atoms with van der Waals surface area (Å²) in [6.07, 6.45) is 26.6. The van der Waals surface area contributed by atoms with Crippen LogP contribution in [0.5, 0.6) is 0 Å². The van der Waals surface area contributed by atoms with Crippen molar-refractivity contribution in [1.29, 1.82) is 0 Å². The minimum atomic E-state index is -0.847. The van der Waals surface area contributed by atoms with Crippen LogP contribution in [0, 0.1) is 0 Å². The number of fused-ring (bicyclic) bond motifs is 3. The third kappa shape index (κ3) is 3.19. The van der Waals surface area contributed by atoms with Crippen molar-refractivity contribution in [3.05, 3.63) is 77.4 Å². The molecule has 0 nitrogen and oxygen atoms in total. The SMILES string of the molecule is CCCCC1=CC(S(C)(C)S(C)(C)C2C=Cc3c2ccc2ccccc32)C=C1. The van der Waals surface area contributed by atoms with Crippen molar-refractivity contribution >= 4 is 35.0 Å². The van der Waals surface area contributed by atoms with Gasteiger partial charge in [-0.15, -0.1) is 0 Å². The largest absolute Gasteiger partial charge is 0.205 e. The van der Waals surface area contributed by atoms with E-state index >= 15 is 0 Å². The predicted molar refractivity (Wildman–Crippen MR) is 135 cm³/mol. The van der Waals surface area contributed by atoms with Crippen LogP contribution >= 0.6 is 18.1 Å². The van der Waals surface area contributed by atoms with Crippen LogP contribution in [0.25, 0.3) is 16.8 Å². The Morgan fingerprint density at radius 3 is 2.43 bits per heavy atom. The van der Waals surface area contributed by atoms with Gasteiger partial charge >= 0.3 is 0 Å². The van der Waals surface area contributed by atoms with E-state index in [0.29, 0.717) is 10.5 Å². The molecule has 0 fully saturated rings. The maximum atomic E-state index is 2.60. The Bertz CT molecular complexity index is 975. The molecule has 0 saturated heterocycles. The van der Waals surface area contributed by atoms with E-state index in [0.717, 1.165) is 0 Å². The molecule has 0 heterocycles. The molecule has 0 bridgehead atoms. The second-order valence-corrected chi connectivity index (χ2v) is 20.3. The molecule has 2 aromatic rings. The Hall–Kier alpha value is -1.38. The number of hydrogen-bond acceptors (Lipinski definition) is 0. The van der Waals surface area contributed by atoms with Gasteiger partial charge in [-0.3, -0.25) is 0 Å². The van der Waals surface area contributed by atoms with Crippen LogP contribution < -0.4 is 0 Å². The van der Waals surface area contributed by atoms with E-state index in [2.05, 4.69) is 98.7 Å². The zero-order chi connectivity index (χ0) is 19.9. The summed E-state index contributed by atoms with van der Waals surface area (Å²) in [5, 5.41) is 3.96. The fourth-order valence-corrected chi connectivity index (χ4v) is 12.0. The predicted octanol–water partition coefficient (Wildman–Crippen LogP) is 8.01. The van der Waals surface area contributed by atoms with Crippen molar-refractivity contribution in [3.8, 4) is 0 Å². The van der Waals surface area contributed by atoms with Crippen molar-refractivity contribution in [2.24, 2.45) is 0 Å². The molecule has 0 aliphatic heterocycles. The first-order valence-electron chi connectivity index (χ1n) is 10.4. The molecule has 0 spiro atoms. The molecular weight excluding hydrogens is 376 g/mol. The average Bonchev–Trinajstić information content (AvgIpc) is 3.33. The van der Waals surface area contributed by atoms with Gasteiger partial charge < -0.3 is 0 Å². The van der Waals surface area contributed by atoms with Crippen LogP contribution in [0.2, 0.25) is 0 Å². The molecule has 2 unspecified atom stereocenters. The molecule has 0 saturated carbocycles. The summed E-state index contributed by atoms with van der Waals surface area (Å²) in [5.74, 6) is 0. The Balaban J connectivity index is 1.67. The first kappa shape index (κ1) is 19.9. The second-order valence-electron chi connectivity index (χ2n) is 8.86. The first-order valence-corrected chi connectivity index (χ1v) is 15.9. The van der Waals surface area contributed by atoms with E-state index in [9.17, 15) is 0 Å². The van der Waals surface area contributed by atoms with Gasteiger partial charge in [0.2, 0.25) is 0 Å². The third-order valence-corrected chi connectivity index (χ3v) is 20.2. The molecule has 2 aliphatic rings. The van der Waals surface area contributed by atoms with Crippen LogP contribution in [-0.2, 0) is 0 Å². The zero-order valence-corrected chi connectivity index (χ0v) is 19.6. The van der Waals surface area contributed by atoms with Crippen molar-refractivity contribution < 1.29 is 0 Å². The number of rotatable bonds is 6. The smallest absolute Gasteiger partial charge is 0.0394 e. The maximum Gasteiger partial charge on any atom is 0.0394 e. The van der Waals surface area contributed by atoms with Crippen molar-refractivity contribution in [2.75, 3.05) is 25.0 Å². The number of benzene rings is 2. The van der Waals surface area contributed by atoms with Crippen molar-refractivity contribution in [3.63, 3.8) is 0 Å². The van der Waals surface area contributed by atoms with Crippen LogP contribution in [0.15, 0.2) is 66.3 Å². The minimum Gasteiger partial charge on any atom is -0.205 e. The Morgan fingerprint density at radius 2 is 1.64 bits per heavy atom. The fraction of sp³-hybridized carbons (Fsp3) is 0.385. The van der Waals surface area contributed by atoms with Crippen molar-refractivity contribution in [2.45, 2.75) is 36.7 Å². The van der Waals surface area contributed by atoms with Crippen molar-refractivity contribution in [1.82, 2.24) is 0 Å². The third-order valence-electron chi connectivity index (χ3n) is 6.82. The van der Waals surface area contributed by atoms with Gasteiger partial charge in [-0.1, -0.05) is 85.7 Å². The van der Waals surface area contributed by atoms with Gasteiger partial charge in [-0.05, 0) is 59.8 Å². The first-order chi connectivity index (χ1) is 13.4. The van der Waals surface area contributed by atoms with Gasteiger partial charge in [-0.25, -0.2) is 18.1 Å². The topological polar surface area (TPSA) is 0 Å². The summed E-state index contributed by atoms with van der Waals surface area (Å²) in [6, 6.07) is 13.6. The standard InChI is InChI=1S/C26H34S2/c1-6-7-10-20-13-15-22(19-20)27(2,3)28(4,5)26-18-17-24-23-12-9-8-11-21(23)14-16-25(24)26/h8-9,11-19,22,26H,6-7,10H2,1-5H3. The van der Waals surface area contributed by atoms with Crippen LogP contribution in [-0.4, -0.2) is 30.3 Å². The molecule has 2 heteroatoms. The van der Waals surface area contributed by atoms with Gasteiger partial charge in [0.1, 0.15) is 0 Å². The highest BCUT2D eigenvalue weighted by Gasteiger charge is 2.41. The highest BCUT2D eigenvalue weighted by Crippen LogP contribution is 2.83. The molecular formula is C26H34S2. The molecule has 4 rings (SSSR count). The lowest BCUT2D eigenvalue weighted by Crippen LogP contribution is -2.20. The minimum absolute atomic E-state index is 0.568. The van der Waals surface area contributed by atoms with E-state index in [1.54, 1.807) is 11.1 Å². The van der Waals surface area contributed by atoms with Crippen LogP contribution in [0.3, 0.4) is 0 Å². The lowest BCUT2D eigenvalue weighted by Gasteiger charge is -2.57. The highest BCUT2D eigenvalue weighted by atomic mass is 33.2. The Labute approximate surface area is 173 Å². The molecule has 0 aromatic heterocycles. The summed E-state index contributed by atoms with van der Waals surface area (Å²) in [6.45, 7) is 2.28. The van der Waals surface area contributed by atoms with Gasteiger partial charge in [0, 0.05) is 10.5 Å². The highest BCUT2D eigenvalue weighted by molar-refractivity contribution is 9.07. The molecule has 0 amide bonds. The van der Waals surface area contributed by atoms with Crippen LogP contribution in [0.1, 0.15) is 42.6 Å². The summed E-state index contributed by atoms with van der Waals surface area (Å²) in [4.78, 5) is 0. The zero-order valence-electron chi connectivity index (χ0n) is 17.9. The number of allylic oxidation sites excluding steroid dienone is 2. The molecule has 28 heavy (non-hydrogen) atoms. The van der Waals surface area contributed by atoms with E-state index < -0.39 is 18.1 Å². The maximum absolute atomic E-state index is 2.60. The monoisotopic (exact) mass is 410 g/mol. The molecule has 0 N–H and O–H groups in total. The van der Waals surface area contributed by atoms with E-state index in [1.165, 1.54) is 35.6 Å². The molecule has 2 aliphatic carbocycles. The lowest BCUT2D eigenvalue weighted by atomic mass is 10.0. The summed E-state index contributed by atoms with van der Waals surface area (Å²) < 4.78 is 0. The van der Waals surface area contributed by atoms with Gasteiger partial charge in [0.05, 0.1) is 0 Å². The summed E-state index contributed by atoms with van der Waals surface area (Å²) in [5.41, 5.74) is 4.58. The quantitative estimate of drug-likeness (QED) is 0.423. The van der Waals surface area contributed by atoms with Gasteiger partial charge in [-0.2, -0.15) is 0 Å². The van der Waals surface area contributed by atoms with Gasteiger partial charge in [0.25, 0.3) is 0 Å². The average molecular weight is 411 g/mol. The molecule has 2 atom stereocenters. The molecule has 0 radical (unpaired) electrons. The van der Waals surface area contributed by atoms with Crippen LogP contribution in [0.4, 0.5) is 0 Å². The number of unbranched alkanes of at least 4 members (excludes halogenated alkanes) is 1. The summed E-state index contributed by atoms with van der Waals surface area (Å²) in [7, 11) is -1.65. The fourth-order valence-electron chi connectivity index (χ4n) is 4.52. The van der Waals surface area contributed by atoms with Gasteiger partial charge in [0.15, 0.2) is 0 Å². The van der Waals surface area contributed by atoms with E-state index in [1.807, 2.05) is 0 Å².